The van der Waals surface area contributed by atoms with Gasteiger partial charge in [0, 0.05) is 29.9 Å². The van der Waals surface area contributed by atoms with E-state index < -0.39 is 6.17 Å². The zero-order chi connectivity index (χ0) is 22.1. The average Bonchev–Trinajstić information content (AvgIpc) is 3.34. The lowest BCUT2D eigenvalue weighted by Crippen LogP contribution is -2.28. The molecule has 2 aromatic rings. The lowest BCUT2D eigenvalue weighted by Gasteiger charge is -2.15. The number of nitrogens with zero attached hydrogens (tertiary/aromatic N) is 3. The van der Waals surface area contributed by atoms with Gasteiger partial charge in [-0.3, -0.25) is 10.2 Å². The van der Waals surface area contributed by atoms with E-state index in [0.29, 0.717) is 52.9 Å². The van der Waals surface area contributed by atoms with E-state index in [-0.39, 0.29) is 12.5 Å². The van der Waals surface area contributed by atoms with Crippen LogP contribution in [0.4, 0.5) is 10.2 Å². The summed E-state index contributed by atoms with van der Waals surface area (Å²) in [6.45, 7) is 4.65. The fourth-order valence-corrected chi connectivity index (χ4v) is 4.64. The Morgan fingerprint density at radius 2 is 2.03 bits per heavy atom. The van der Waals surface area contributed by atoms with Crippen molar-refractivity contribution in [3.05, 3.63) is 53.0 Å². The molecule has 31 heavy (non-hydrogen) atoms. The molecular weight excluding hydrogens is 415 g/mol. The van der Waals surface area contributed by atoms with Crippen molar-refractivity contribution in [2.45, 2.75) is 37.9 Å². The minimum Gasteiger partial charge on any atom is -0.365 e. The Morgan fingerprint density at radius 1 is 1.29 bits per heavy atom. The molecule has 1 atom stereocenters. The number of amides is 1. The van der Waals surface area contributed by atoms with E-state index in [1.54, 1.807) is 24.0 Å². The molecule has 0 unspecified atom stereocenters. The number of alkyl halides is 1. The number of hydrogen-bond donors (Lipinski definition) is 3. The molecule has 0 bridgehead atoms. The highest BCUT2D eigenvalue weighted by atomic mass is 32.2. The quantitative estimate of drug-likeness (QED) is 0.608. The molecule has 0 radical (unpaired) electrons. The molecule has 1 aromatic heterocycles. The second-order valence-corrected chi connectivity index (χ2v) is 8.66. The maximum atomic E-state index is 13.4. The van der Waals surface area contributed by atoms with Crippen LogP contribution in [-0.4, -0.2) is 50.8 Å². The van der Waals surface area contributed by atoms with Crippen molar-refractivity contribution in [1.82, 2.24) is 14.9 Å². The molecule has 3 N–H and O–H groups in total. The number of halogens is 1. The molecule has 1 aromatic carbocycles. The van der Waals surface area contributed by atoms with E-state index in [0.717, 1.165) is 16.0 Å². The number of allylic oxidation sites excluding steroid dienone is 1. The maximum absolute atomic E-state index is 13.4. The van der Waals surface area contributed by atoms with E-state index in [9.17, 15) is 9.18 Å². The highest BCUT2D eigenvalue weighted by molar-refractivity contribution is 8.15. The first kappa shape index (κ1) is 21.2. The molecule has 2 aliphatic heterocycles. The van der Waals surface area contributed by atoms with Crippen molar-refractivity contribution >= 4 is 39.8 Å². The molecule has 0 saturated carbocycles. The van der Waals surface area contributed by atoms with Crippen molar-refractivity contribution in [2.24, 2.45) is 0 Å². The highest BCUT2D eigenvalue weighted by Crippen LogP contribution is 2.44. The van der Waals surface area contributed by atoms with Crippen LogP contribution in [-0.2, 0) is 6.54 Å². The van der Waals surface area contributed by atoms with Gasteiger partial charge in [-0.1, -0.05) is 23.9 Å². The zero-order valence-corrected chi connectivity index (χ0v) is 18.1. The van der Waals surface area contributed by atoms with E-state index in [2.05, 4.69) is 15.3 Å². The summed E-state index contributed by atoms with van der Waals surface area (Å²) in [6, 6.07) is 7.26. The summed E-state index contributed by atoms with van der Waals surface area (Å²) in [7, 11) is 0. The Labute approximate surface area is 184 Å². The summed E-state index contributed by atoms with van der Waals surface area (Å²) in [4.78, 5) is 23.5. The fraction of sp³-hybridized carbons (Fsp3) is 0.318. The summed E-state index contributed by atoms with van der Waals surface area (Å²) >= 11 is 1.29. The van der Waals surface area contributed by atoms with Crippen molar-refractivity contribution in [3.8, 4) is 0 Å². The highest BCUT2D eigenvalue weighted by Gasteiger charge is 2.30. The molecule has 0 spiro atoms. The molecule has 1 amide bonds. The van der Waals surface area contributed by atoms with Gasteiger partial charge in [0.2, 0.25) is 0 Å². The van der Waals surface area contributed by atoms with E-state index in [1.807, 2.05) is 19.1 Å². The molecule has 4 rings (SSSR count). The molecule has 9 heteroatoms. The van der Waals surface area contributed by atoms with E-state index >= 15 is 0 Å². The lowest BCUT2D eigenvalue weighted by molar-refractivity contribution is 0.0783. The third-order valence-electron chi connectivity index (χ3n) is 5.49. The molecular formula is C22H23FN6OS. The third-order valence-corrected chi connectivity index (χ3v) is 6.49. The van der Waals surface area contributed by atoms with Gasteiger partial charge in [-0.15, -0.1) is 0 Å². The van der Waals surface area contributed by atoms with E-state index in [1.165, 1.54) is 18.1 Å². The van der Waals surface area contributed by atoms with Gasteiger partial charge >= 0.3 is 0 Å². The molecule has 3 heterocycles. The number of fused-ring (bicyclic) bond motifs is 1. The number of likely N-dealkylation sites (tertiary alicyclic amines) is 1. The number of aromatic nitrogens is 2. The van der Waals surface area contributed by atoms with Crippen LogP contribution in [0.1, 0.15) is 41.9 Å². The smallest absolute Gasteiger partial charge is 0.253 e. The predicted octanol–water partition coefficient (Wildman–Crippen LogP) is 4.17. The zero-order valence-electron chi connectivity index (χ0n) is 17.3. The number of benzene rings is 1. The molecule has 2 aliphatic rings. The summed E-state index contributed by atoms with van der Waals surface area (Å²) in [5, 5.41) is 19.9. The van der Waals surface area contributed by atoms with Crippen LogP contribution in [0.15, 0.2) is 41.1 Å². The van der Waals surface area contributed by atoms with Crippen LogP contribution in [0, 0.1) is 10.8 Å². The van der Waals surface area contributed by atoms with Crippen LogP contribution < -0.4 is 5.32 Å². The van der Waals surface area contributed by atoms with Crippen LogP contribution in [0.25, 0.3) is 5.57 Å². The van der Waals surface area contributed by atoms with Crippen molar-refractivity contribution in [3.63, 3.8) is 0 Å². The summed E-state index contributed by atoms with van der Waals surface area (Å²) in [5.74, 6) is 0.496. The Hall–Kier alpha value is -3.07. The van der Waals surface area contributed by atoms with Gasteiger partial charge in [0.05, 0.1) is 17.1 Å². The van der Waals surface area contributed by atoms with Crippen molar-refractivity contribution < 1.29 is 9.18 Å². The number of thioether (sulfide) groups is 1. The van der Waals surface area contributed by atoms with Crippen molar-refractivity contribution in [1.29, 1.82) is 10.8 Å². The van der Waals surface area contributed by atoms with Gasteiger partial charge in [-0.25, -0.2) is 14.4 Å². The number of hydrogen-bond acceptors (Lipinski definition) is 7. The second-order valence-electron chi connectivity index (χ2n) is 7.64. The van der Waals surface area contributed by atoms with Crippen LogP contribution >= 0.6 is 11.8 Å². The number of carbonyl (C=O) groups excluding carboxylic acids is 1. The van der Waals surface area contributed by atoms with Gasteiger partial charge in [0.25, 0.3) is 5.91 Å². The average molecular weight is 439 g/mol. The molecule has 0 aliphatic carbocycles. The Balaban J connectivity index is 1.47. The Morgan fingerprint density at radius 3 is 2.68 bits per heavy atom. The SMILES string of the molecule is CC(=N)/C(C)=C1\C(=N)Sc2c(NCc3ccc(C(=O)N4CC[C@@H](F)C4)cc3)ncnc21. The van der Waals surface area contributed by atoms with Crippen molar-refractivity contribution in [2.75, 3.05) is 18.4 Å². The standard InChI is InChI=1S/C22H23FN6OS/c1-12(13(2)24)17-18-19(31-20(17)25)21(28-11-27-18)26-9-14-3-5-15(6-4-14)22(30)29-8-7-16(23)10-29/h3-6,11,16,24-25H,7-10H2,1-2H3,(H,26,27,28)/b17-12-,24-13?,25-20?/t16-/m1/s1. The van der Waals surface area contributed by atoms with Gasteiger partial charge in [0.15, 0.2) is 0 Å². The first-order chi connectivity index (χ1) is 14.8. The summed E-state index contributed by atoms with van der Waals surface area (Å²) in [5.41, 5.74) is 4.02. The first-order valence-corrected chi connectivity index (χ1v) is 10.8. The largest absolute Gasteiger partial charge is 0.365 e. The number of carbonyl (C=O) groups is 1. The normalized spacial score (nSPS) is 19.4. The van der Waals surface area contributed by atoms with Crippen LogP contribution in [0.5, 0.6) is 0 Å². The predicted molar refractivity (Wildman–Crippen MR) is 121 cm³/mol. The third kappa shape index (κ3) is 4.23. The molecule has 7 nitrogen and oxygen atoms in total. The monoisotopic (exact) mass is 438 g/mol. The molecule has 1 saturated heterocycles. The number of nitrogens with one attached hydrogen (secondary N) is 3. The fourth-order valence-electron chi connectivity index (χ4n) is 3.61. The minimum absolute atomic E-state index is 0.139. The number of anilines is 1. The van der Waals surface area contributed by atoms with E-state index in [4.69, 9.17) is 10.8 Å². The van der Waals surface area contributed by atoms with Gasteiger partial charge < -0.3 is 15.6 Å². The first-order valence-electron chi connectivity index (χ1n) is 10.00. The molecule has 160 valence electrons. The van der Waals surface area contributed by atoms with Crippen LogP contribution in [0.3, 0.4) is 0 Å². The number of rotatable bonds is 5. The van der Waals surface area contributed by atoms with Gasteiger partial charge in [0.1, 0.15) is 23.4 Å². The topological polar surface area (TPSA) is 106 Å². The Bertz CT molecular complexity index is 1100. The summed E-state index contributed by atoms with van der Waals surface area (Å²) in [6.07, 6.45) is 0.939. The summed E-state index contributed by atoms with van der Waals surface area (Å²) < 4.78 is 13.4. The minimum atomic E-state index is -0.927. The second kappa shape index (κ2) is 8.58. The van der Waals surface area contributed by atoms with Gasteiger partial charge in [-0.2, -0.15) is 0 Å². The maximum Gasteiger partial charge on any atom is 0.253 e. The Kier molecular flexibility index (Phi) is 5.86. The van der Waals surface area contributed by atoms with Crippen LogP contribution in [0.2, 0.25) is 0 Å². The molecule has 1 fully saturated rings. The lowest BCUT2D eigenvalue weighted by atomic mass is 10.0. The van der Waals surface area contributed by atoms with Gasteiger partial charge in [-0.05, 0) is 43.5 Å².